The lowest BCUT2D eigenvalue weighted by molar-refractivity contribution is 0.369. The Morgan fingerprint density at radius 3 is 2.75 bits per heavy atom. The Balaban J connectivity index is 2.19. The highest BCUT2D eigenvalue weighted by Gasteiger charge is 2.26. The van der Waals surface area contributed by atoms with E-state index in [9.17, 15) is 0 Å². The third kappa shape index (κ3) is 3.45. The number of piperazine rings is 1. The number of anilines is 2. The summed E-state index contributed by atoms with van der Waals surface area (Å²) in [6.07, 6.45) is 3.71. The summed E-state index contributed by atoms with van der Waals surface area (Å²) in [4.78, 5) is 4.78. The number of hydrogen-bond donors (Lipinski definition) is 1. The van der Waals surface area contributed by atoms with Gasteiger partial charge in [0.15, 0.2) is 0 Å². The molecule has 1 aromatic rings. The third-order valence-electron chi connectivity index (χ3n) is 4.29. The van der Waals surface area contributed by atoms with E-state index in [2.05, 4.69) is 67.3 Å². The fourth-order valence-corrected chi connectivity index (χ4v) is 3.04. The van der Waals surface area contributed by atoms with Gasteiger partial charge in [-0.15, -0.1) is 0 Å². The molecule has 2 rings (SSSR count). The highest BCUT2D eigenvalue weighted by Crippen LogP contribution is 2.26. The van der Waals surface area contributed by atoms with E-state index >= 15 is 0 Å². The van der Waals surface area contributed by atoms with Gasteiger partial charge in [0.25, 0.3) is 0 Å². The van der Waals surface area contributed by atoms with Crippen LogP contribution in [0.5, 0.6) is 0 Å². The van der Waals surface area contributed by atoms with Crippen molar-refractivity contribution in [3.05, 3.63) is 24.3 Å². The average Bonchev–Trinajstić information content (AvgIpc) is 2.47. The monoisotopic (exact) mass is 275 g/mol. The van der Waals surface area contributed by atoms with Crippen LogP contribution in [0.3, 0.4) is 0 Å². The summed E-state index contributed by atoms with van der Waals surface area (Å²) < 4.78 is 0. The molecule has 0 amide bonds. The quantitative estimate of drug-likeness (QED) is 0.891. The maximum absolute atomic E-state index is 3.71. The van der Waals surface area contributed by atoms with Crippen LogP contribution < -0.4 is 15.1 Å². The normalized spacial score (nSPS) is 22.9. The summed E-state index contributed by atoms with van der Waals surface area (Å²) >= 11 is 0. The highest BCUT2D eigenvalue weighted by atomic mass is 15.2. The second kappa shape index (κ2) is 6.98. The topological polar surface area (TPSA) is 18.5 Å². The van der Waals surface area contributed by atoms with Crippen molar-refractivity contribution in [2.75, 3.05) is 37.0 Å². The molecule has 112 valence electrons. The van der Waals surface area contributed by atoms with Crippen molar-refractivity contribution in [1.29, 1.82) is 0 Å². The van der Waals surface area contributed by atoms with Crippen molar-refractivity contribution in [3.8, 4) is 0 Å². The van der Waals surface area contributed by atoms with Crippen LogP contribution in [-0.4, -0.2) is 39.3 Å². The molecule has 0 bridgehead atoms. The Morgan fingerprint density at radius 1 is 1.30 bits per heavy atom. The third-order valence-corrected chi connectivity index (χ3v) is 4.29. The zero-order valence-corrected chi connectivity index (χ0v) is 13.4. The van der Waals surface area contributed by atoms with Gasteiger partial charge in [-0.05, 0) is 31.0 Å². The lowest BCUT2D eigenvalue weighted by Gasteiger charge is -2.42. The molecule has 0 radical (unpaired) electrons. The lowest BCUT2D eigenvalue weighted by Crippen LogP contribution is -2.56. The van der Waals surface area contributed by atoms with E-state index in [1.165, 1.54) is 30.6 Å². The number of nitrogens with zero attached hydrogens (tertiary/aromatic N) is 2. The molecule has 3 nitrogen and oxygen atoms in total. The van der Waals surface area contributed by atoms with E-state index in [4.69, 9.17) is 0 Å². The molecule has 2 unspecified atom stereocenters. The van der Waals surface area contributed by atoms with E-state index in [1.807, 2.05) is 0 Å². The minimum atomic E-state index is 0.612. The fraction of sp³-hybridized carbons (Fsp3) is 0.647. The van der Waals surface area contributed by atoms with Crippen molar-refractivity contribution in [1.82, 2.24) is 5.32 Å². The van der Waals surface area contributed by atoms with Crippen LogP contribution >= 0.6 is 0 Å². The van der Waals surface area contributed by atoms with E-state index < -0.39 is 0 Å². The van der Waals surface area contributed by atoms with E-state index in [0.717, 1.165) is 13.1 Å². The molecule has 0 spiro atoms. The summed E-state index contributed by atoms with van der Waals surface area (Å²) in [6.45, 7) is 6.79. The molecule has 1 fully saturated rings. The van der Waals surface area contributed by atoms with Crippen LogP contribution in [0.15, 0.2) is 24.3 Å². The van der Waals surface area contributed by atoms with E-state index in [1.54, 1.807) is 0 Å². The minimum Gasteiger partial charge on any atom is -0.378 e. The number of nitrogens with one attached hydrogen (secondary N) is 1. The van der Waals surface area contributed by atoms with Crippen molar-refractivity contribution in [2.45, 2.75) is 45.2 Å². The molecule has 2 atom stereocenters. The van der Waals surface area contributed by atoms with Crippen molar-refractivity contribution in [3.63, 3.8) is 0 Å². The smallest absolute Gasteiger partial charge is 0.0412 e. The first-order valence-electron chi connectivity index (χ1n) is 7.93. The van der Waals surface area contributed by atoms with E-state index in [-0.39, 0.29) is 0 Å². The van der Waals surface area contributed by atoms with E-state index in [0.29, 0.717) is 12.1 Å². The zero-order chi connectivity index (χ0) is 14.5. The molecular weight excluding hydrogens is 246 g/mol. The second-order valence-electron chi connectivity index (χ2n) is 6.02. The van der Waals surface area contributed by atoms with Gasteiger partial charge in [0.1, 0.15) is 0 Å². The molecule has 1 aliphatic rings. The van der Waals surface area contributed by atoms with Gasteiger partial charge in [0.05, 0.1) is 0 Å². The molecule has 0 saturated carbocycles. The SMILES string of the molecule is CCCC1CN(c2cccc(N(C)C)c2)C(CC)CN1. The molecule has 1 N–H and O–H groups in total. The molecule has 3 heteroatoms. The Labute approximate surface area is 124 Å². The first kappa shape index (κ1) is 15.2. The Kier molecular flexibility index (Phi) is 5.30. The van der Waals surface area contributed by atoms with Gasteiger partial charge in [-0.1, -0.05) is 26.3 Å². The van der Waals surface area contributed by atoms with Crippen LogP contribution in [0.25, 0.3) is 0 Å². The van der Waals surface area contributed by atoms with Gasteiger partial charge in [-0.2, -0.15) is 0 Å². The number of hydrogen-bond acceptors (Lipinski definition) is 3. The summed E-state index contributed by atoms with van der Waals surface area (Å²) in [5, 5.41) is 3.71. The average molecular weight is 275 g/mol. The predicted molar refractivity (Wildman–Crippen MR) is 88.9 cm³/mol. The van der Waals surface area contributed by atoms with Crippen LogP contribution in [0.2, 0.25) is 0 Å². The van der Waals surface area contributed by atoms with Crippen LogP contribution in [0.4, 0.5) is 11.4 Å². The molecule has 1 aliphatic heterocycles. The summed E-state index contributed by atoms with van der Waals surface area (Å²) in [7, 11) is 4.21. The van der Waals surface area contributed by atoms with Gasteiger partial charge in [-0.25, -0.2) is 0 Å². The zero-order valence-electron chi connectivity index (χ0n) is 13.4. The predicted octanol–water partition coefficient (Wildman–Crippen LogP) is 3.11. The molecular formula is C17H29N3. The van der Waals surface area contributed by atoms with Crippen LogP contribution in [0.1, 0.15) is 33.1 Å². The molecule has 1 heterocycles. The molecule has 0 aliphatic carbocycles. The standard InChI is InChI=1S/C17H29N3/c1-5-8-14-13-20(15(6-2)12-18-14)17-10-7-9-16(11-17)19(3)4/h7,9-11,14-15,18H,5-6,8,12-13H2,1-4H3. The molecule has 0 aromatic heterocycles. The van der Waals surface area contributed by atoms with Gasteiger partial charge in [-0.3, -0.25) is 0 Å². The van der Waals surface area contributed by atoms with Gasteiger partial charge >= 0.3 is 0 Å². The highest BCUT2D eigenvalue weighted by molar-refractivity contribution is 5.59. The second-order valence-corrected chi connectivity index (χ2v) is 6.02. The Morgan fingerprint density at radius 2 is 2.10 bits per heavy atom. The largest absolute Gasteiger partial charge is 0.378 e. The number of rotatable bonds is 5. The summed E-state index contributed by atoms with van der Waals surface area (Å²) in [5.41, 5.74) is 2.65. The summed E-state index contributed by atoms with van der Waals surface area (Å²) in [5.74, 6) is 0. The van der Waals surface area contributed by atoms with Crippen molar-refractivity contribution < 1.29 is 0 Å². The molecule has 1 saturated heterocycles. The number of benzene rings is 1. The van der Waals surface area contributed by atoms with Gasteiger partial charge < -0.3 is 15.1 Å². The first-order chi connectivity index (χ1) is 9.65. The Bertz CT molecular complexity index is 416. The van der Waals surface area contributed by atoms with Crippen molar-refractivity contribution >= 4 is 11.4 Å². The van der Waals surface area contributed by atoms with Crippen molar-refractivity contribution in [2.24, 2.45) is 0 Å². The van der Waals surface area contributed by atoms with Gasteiger partial charge in [0, 0.05) is 50.6 Å². The first-order valence-corrected chi connectivity index (χ1v) is 7.93. The minimum absolute atomic E-state index is 0.612. The summed E-state index contributed by atoms with van der Waals surface area (Å²) in [6, 6.07) is 10.2. The molecule has 1 aromatic carbocycles. The maximum Gasteiger partial charge on any atom is 0.0412 e. The maximum atomic E-state index is 3.71. The molecule has 20 heavy (non-hydrogen) atoms. The fourth-order valence-electron chi connectivity index (χ4n) is 3.04. The van der Waals surface area contributed by atoms with Crippen LogP contribution in [0, 0.1) is 0 Å². The van der Waals surface area contributed by atoms with Gasteiger partial charge in [0.2, 0.25) is 0 Å². The van der Waals surface area contributed by atoms with Crippen LogP contribution in [-0.2, 0) is 0 Å². The lowest BCUT2D eigenvalue weighted by atomic mass is 10.0. The Hall–Kier alpha value is -1.22.